The highest BCUT2D eigenvalue weighted by molar-refractivity contribution is 5.80. The summed E-state index contributed by atoms with van der Waals surface area (Å²) in [4.78, 5) is 20.8. The number of carbonyl (C=O) groups excluding carboxylic acids is 1. The monoisotopic (exact) mass is 394 g/mol. The number of rotatable bonds is 8. The molecule has 1 aliphatic heterocycles. The van der Waals surface area contributed by atoms with Crippen molar-refractivity contribution in [3.8, 4) is 0 Å². The Balaban J connectivity index is 1.81. The predicted octanol–water partition coefficient (Wildman–Crippen LogP) is 1.53. The average molecular weight is 395 g/mol. The zero-order valence-corrected chi connectivity index (χ0v) is 17.5. The van der Waals surface area contributed by atoms with Crippen LogP contribution in [-0.2, 0) is 11.3 Å². The van der Waals surface area contributed by atoms with Crippen LogP contribution in [-0.4, -0.2) is 79.4 Å². The molecule has 1 saturated heterocycles. The van der Waals surface area contributed by atoms with E-state index in [9.17, 15) is 4.79 Å². The molecule has 1 aromatic rings. The van der Waals surface area contributed by atoms with E-state index in [1.54, 1.807) is 20.2 Å². The van der Waals surface area contributed by atoms with Crippen molar-refractivity contribution in [2.24, 2.45) is 10.9 Å². The van der Waals surface area contributed by atoms with Crippen LogP contribution in [0.15, 0.2) is 21.8 Å². The Morgan fingerprint density at radius 1 is 1.36 bits per heavy atom. The van der Waals surface area contributed by atoms with E-state index in [4.69, 9.17) is 9.26 Å². The van der Waals surface area contributed by atoms with Crippen LogP contribution in [0, 0.1) is 5.92 Å². The number of nitrogens with zero attached hydrogens (tertiary/aromatic N) is 4. The third-order valence-corrected chi connectivity index (χ3v) is 4.62. The van der Waals surface area contributed by atoms with Crippen molar-refractivity contribution in [2.75, 3.05) is 46.4 Å². The highest BCUT2D eigenvalue weighted by Gasteiger charge is 2.22. The normalized spacial score (nSPS) is 16.9. The first-order valence-electron chi connectivity index (χ1n) is 10.0. The van der Waals surface area contributed by atoms with Crippen molar-refractivity contribution < 1.29 is 14.1 Å². The summed E-state index contributed by atoms with van der Waals surface area (Å²) in [5.41, 5.74) is 0.956. The van der Waals surface area contributed by atoms with Crippen molar-refractivity contribution in [3.63, 3.8) is 0 Å². The van der Waals surface area contributed by atoms with Crippen molar-refractivity contribution in [1.82, 2.24) is 25.6 Å². The molecule has 0 bridgehead atoms. The third-order valence-electron chi connectivity index (χ3n) is 4.62. The number of hydrogen-bond acceptors (Lipinski definition) is 6. The molecular weight excluding hydrogens is 360 g/mol. The first kappa shape index (κ1) is 22.0. The molecule has 1 aromatic heterocycles. The van der Waals surface area contributed by atoms with E-state index in [0.717, 1.165) is 50.8 Å². The summed E-state index contributed by atoms with van der Waals surface area (Å²) in [7, 11) is 1.79. The molecule has 1 amide bonds. The molecule has 0 saturated carbocycles. The molecule has 2 rings (SSSR count). The quantitative estimate of drug-likeness (QED) is 0.510. The molecule has 1 aliphatic rings. The summed E-state index contributed by atoms with van der Waals surface area (Å²) in [6, 6.07) is 1.89. The van der Waals surface area contributed by atoms with Crippen molar-refractivity contribution in [1.29, 1.82) is 0 Å². The molecule has 9 heteroatoms. The topological polar surface area (TPSA) is 95.2 Å². The lowest BCUT2D eigenvalue weighted by Crippen LogP contribution is -2.54. The number of nitrogens with one attached hydrogen (secondary N) is 2. The number of guanidine groups is 1. The minimum Gasteiger partial charge on any atom is -0.450 e. The summed E-state index contributed by atoms with van der Waals surface area (Å²) in [6.07, 6.45) is 2.11. The number of ether oxygens (including phenoxy) is 1. The standard InChI is InChI=1S/C19H34N6O3/c1-5-27-19(26)22-17(12-15(2)3)13-21-18(20-4)25-9-7-24(8-10-25)14-16-6-11-28-23-16/h6,11,15,17H,5,7-10,12-14H2,1-4H3,(H,20,21)(H,22,26). The summed E-state index contributed by atoms with van der Waals surface area (Å²) < 4.78 is 9.92. The van der Waals surface area contributed by atoms with Gasteiger partial charge in [-0.3, -0.25) is 9.89 Å². The van der Waals surface area contributed by atoms with Crippen LogP contribution >= 0.6 is 0 Å². The van der Waals surface area contributed by atoms with Gasteiger partial charge in [-0.05, 0) is 19.3 Å². The van der Waals surface area contributed by atoms with Gasteiger partial charge in [0.2, 0.25) is 0 Å². The second-order valence-electron chi connectivity index (χ2n) is 7.37. The first-order chi connectivity index (χ1) is 13.5. The number of aromatic nitrogens is 1. The molecular formula is C19H34N6O3. The van der Waals surface area contributed by atoms with Crippen LogP contribution in [0.5, 0.6) is 0 Å². The highest BCUT2D eigenvalue weighted by atomic mass is 16.5. The molecule has 1 fully saturated rings. The number of alkyl carbamates (subject to hydrolysis) is 1. The largest absolute Gasteiger partial charge is 0.450 e. The number of amides is 1. The van der Waals surface area contributed by atoms with Gasteiger partial charge in [0.15, 0.2) is 5.96 Å². The summed E-state index contributed by atoms with van der Waals surface area (Å²) in [5.74, 6) is 1.33. The molecule has 2 N–H and O–H groups in total. The highest BCUT2D eigenvalue weighted by Crippen LogP contribution is 2.08. The lowest BCUT2D eigenvalue weighted by atomic mass is 10.0. The molecule has 0 aromatic carbocycles. The van der Waals surface area contributed by atoms with E-state index in [0.29, 0.717) is 19.1 Å². The maximum atomic E-state index is 11.8. The molecule has 1 unspecified atom stereocenters. The second kappa shape index (κ2) is 11.5. The van der Waals surface area contributed by atoms with Gasteiger partial charge < -0.3 is 24.8 Å². The number of hydrogen-bond donors (Lipinski definition) is 2. The lowest BCUT2D eigenvalue weighted by Gasteiger charge is -2.36. The van der Waals surface area contributed by atoms with Crippen molar-refractivity contribution in [2.45, 2.75) is 39.8 Å². The van der Waals surface area contributed by atoms with E-state index in [-0.39, 0.29) is 12.1 Å². The van der Waals surface area contributed by atoms with Gasteiger partial charge in [0.05, 0.1) is 12.3 Å². The Morgan fingerprint density at radius 2 is 2.11 bits per heavy atom. The van der Waals surface area contributed by atoms with Crippen LogP contribution in [0.3, 0.4) is 0 Å². The zero-order chi connectivity index (χ0) is 20.4. The van der Waals surface area contributed by atoms with Gasteiger partial charge in [-0.2, -0.15) is 0 Å². The minimum atomic E-state index is -0.369. The second-order valence-corrected chi connectivity index (χ2v) is 7.37. The first-order valence-corrected chi connectivity index (χ1v) is 10.0. The predicted molar refractivity (Wildman–Crippen MR) is 108 cm³/mol. The van der Waals surface area contributed by atoms with Crippen LogP contribution in [0.4, 0.5) is 4.79 Å². The maximum Gasteiger partial charge on any atom is 0.407 e. The average Bonchev–Trinajstić information content (AvgIpc) is 3.16. The fraction of sp³-hybridized carbons (Fsp3) is 0.737. The van der Waals surface area contributed by atoms with Crippen LogP contribution < -0.4 is 10.6 Å². The zero-order valence-electron chi connectivity index (χ0n) is 17.5. The molecule has 0 aliphatic carbocycles. The van der Waals surface area contributed by atoms with Crippen LogP contribution in [0.2, 0.25) is 0 Å². The van der Waals surface area contributed by atoms with E-state index in [2.05, 4.69) is 44.4 Å². The number of aliphatic imine (C=N–C) groups is 1. The summed E-state index contributed by atoms with van der Waals surface area (Å²) >= 11 is 0. The molecule has 0 spiro atoms. The van der Waals surface area contributed by atoms with Gasteiger partial charge in [-0.1, -0.05) is 19.0 Å². The molecule has 158 valence electrons. The van der Waals surface area contributed by atoms with Gasteiger partial charge in [0, 0.05) is 58.4 Å². The molecule has 1 atom stereocenters. The van der Waals surface area contributed by atoms with Crippen molar-refractivity contribution >= 4 is 12.1 Å². The summed E-state index contributed by atoms with van der Waals surface area (Å²) in [5, 5.41) is 10.3. The Bertz CT molecular complexity index is 597. The van der Waals surface area contributed by atoms with Gasteiger partial charge >= 0.3 is 6.09 Å². The fourth-order valence-electron chi connectivity index (χ4n) is 3.31. The van der Waals surface area contributed by atoms with E-state index >= 15 is 0 Å². The number of piperazine rings is 1. The molecule has 28 heavy (non-hydrogen) atoms. The molecule has 9 nitrogen and oxygen atoms in total. The number of carbonyl (C=O) groups is 1. The van der Waals surface area contributed by atoms with Crippen LogP contribution in [0.25, 0.3) is 0 Å². The van der Waals surface area contributed by atoms with E-state index < -0.39 is 0 Å². The van der Waals surface area contributed by atoms with Crippen LogP contribution in [0.1, 0.15) is 32.9 Å². The third kappa shape index (κ3) is 7.38. The fourth-order valence-corrected chi connectivity index (χ4v) is 3.31. The smallest absolute Gasteiger partial charge is 0.407 e. The van der Waals surface area contributed by atoms with Gasteiger partial charge in [-0.25, -0.2) is 4.79 Å². The maximum absolute atomic E-state index is 11.8. The Kier molecular flexibility index (Phi) is 9.06. The lowest BCUT2D eigenvalue weighted by molar-refractivity contribution is 0.146. The van der Waals surface area contributed by atoms with Gasteiger partial charge in [-0.15, -0.1) is 0 Å². The van der Waals surface area contributed by atoms with E-state index in [1.165, 1.54) is 0 Å². The van der Waals surface area contributed by atoms with E-state index in [1.807, 2.05) is 6.07 Å². The van der Waals surface area contributed by atoms with Gasteiger partial charge in [0.25, 0.3) is 0 Å². The molecule has 0 radical (unpaired) electrons. The Labute approximate surface area is 167 Å². The SMILES string of the molecule is CCOC(=O)NC(CNC(=NC)N1CCN(Cc2ccon2)CC1)CC(C)C. The van der Waals surface area contributed by atoms with Gasteiger partial charge in [0.1, 0.15) is 6.26 Å². The Morgan fingerprint density at radius 3 is 2.68 bits per heavy atom. The molecule has 2 heterocycles. The van der Waals surface area contributed by atoms with Crippen molar-refractivity contribution in [3.05, 3.63) is 18.0 Å². The Hall–Kier alpha value is -2.29. The summed E-state index contributed by atoms with van der Waals surface area (Å²) in [6.45, 7) is 11.5. The minimum absolute atomic E-state index is 0.00995.